The zero-order valence-electron chi connectivity index (χ0n) is 61.7. The predicted octanol–water partition coefficient (Wildman–Crippen LogP) is 27.4. The van der Waals surface area contributed by atoms with Crippen molar-refractivity contribution in [1.82, 2.24) is 0 Å². The third-order valence-electron chi connectivity index (χ3n) is 17.8. The second-order valence-electron chi connectivity index (χ2n) is 27.1. The first-order valence-electron chi connectivity index (χ1n) is 31.0. The van der Waals surface area contributed by atoms with E-state index in [0.29, 0.717) is 0 Å². The van der Waals surface area contributed by atoms with Gasteiger partial charge in [0.2, 0.25) is 0 Å². The molecule has 0 aromatic rings. The Labute approximate surface area is 735 Å². The topological polar surface area (TPSA) is 80.3 Å². The Bertz CT molecular complexity index is 4240. The van der Waals surface area contributed by atoms with Crippen molar-refractivity contribution in [2.24, 2.45) is 5.41 Å². The molecule has 0 spiro atoms. The van der Waals surface area contributed by atoms with E-state index in [1.54, 1.807) is 0 Å². The molecule has 0 aliphatic rings. The Morgan fingerprint density at radius 3 is 0.385 bits per heavy atom. The Hall–Kier alpha value is -5.80. The van der Waals surface area contributed by atoms with Crippen molar-refractivity contribution in [2.75, 3.05) is 11.5 Å². The molecule has 143 heavy (non-hydrogen) atoms. The van der Waals surface area contributed by atoms with Gasteiger partial charge in [-0.2, -0.15) is 369 Å². The largest absolute Gasteiger partial charge is 0.549 e. The molecule has 0 saturated heterocycles. The number of carboxylic acid groups (broad SMARTS) is 2. The highest BCUT2D eigenvalue weighted by Crippen LogP contribution is 2.76. The smallest absolute Gasteiger partial charge is 0.460 e. The predicted molar refractivity (Wildman–Crippen MR) is 281 cm³/mol. The maximum atomic E-state index is 16.0. The molecule has 854 valence electrons. The summed E-state index contributed by atoms with van der Waals surface area (Å²) in [6, 6.07) is 0. The Morgan fingerprint density at radius 1 is 0.175 bits per heavy atom. The summed E-state index contributed by atoms with van der Waals surface area (Å²) in [6.07, 6.45) is -46.5. The van der Waals surface area contributed by atoms with E-state index in [1.165, 1.54) is 6.58 Å². The minimum Gasteiger partial charge on any atom is -0.549 e. The van der Waals surface area contributed by atoms with Crippen LogP contribution >= 0.6 is 47.0 Å². The van der Waals surface area contributed by atoms with Gasteiger partial charge in [-0.15, -0.1) is 0 Å². The third kappa shape index (κ3) is 18.3. The molecule has 2 atom stereocenters. The molecule has 0 aliphatic carbocycles. The van der Waals surface area contributed by atoms with E-state index in [4.69, 9.17) is 0 Å². The highest BCUT2D eigenvalue weighted by Gasteiger charge is 3.05. The van der Waals surface area contributed by atoms with E-state index >= 15 is 105 Å². The van der Waals surface area contributed by atoms with Crippen molar-refractivity contribution >= 4 is 59.0 Å². The van der Waals surface area contributed by atoms with Crippen molar-refractivity contribution in [1.29, 1.82) is 0 Å². The summed E-state index contributed by atoms with van der Waals surface area (Å²) in [6.45, 7) is 1.19. The Morgan fingerprint density at radius 2 is 0.280 bits per heavy atom. The van der Waals surface area contributed by atoms with Crippen LogP contribution in [0.1, 0.15) is 12.8 Å². The first-order chi connectivity index (χ1) is 60.4. The fourth-order valence-corrected chi connectivity index (χ4v) is 13.9. The van der Waals surface area contributed by atoms with Crippen LogP contribution in [-0.4, -0.2) is 269 Å². The molecule has 0 aliphatic heterocycles. The van der Waals surface area contributed by atoms with Gasteiger partial charge in [0.25, 0.3) is 0 Å². The molecule has 0 fully saturated rings. The van der Waals surface area contributed by atoms with E-state index in [-0.39, 0.29) is 0 Å². The number of alkyl halides is 84. The van der Waals surface area contributed by atoms with Crippen LogP contribution in [0.15, 0.2) is 12.2 Å². The Balaban J connectivity index is 11.0. The van der Waals surface area contributed by atoms with Crippen LogP contribution in [-0.2, 0) is 9.59 Å². The molecular formula is C51H12F84O4S4-2. The van der Waals surface area contributed by atoms with Crippen LogP contribution in [0.3, 0.4) is 0 Å². The number of thioether (sulfide) groups is 4. The second-order valence-corrected chi connectivity index (χ2v) is 32.2. The van der Waals surface area contributed by atoms with E-state index in [2.05, 4.69) is 0 Å². The molecule has 0 aromatic carbocycles. The first kappa shape index (κ1) is 137. The van der Waals surface area contributed by atoms with Crippen LogP contribution in [0, 0.1) is 5.41 Å². The summed E-state index contributed by atoms with van der Waals surface area (Å²) >= 11 is -18.6. The number of carbonyl (C=O) groups excluding carboxylic acids is 2. The molecule has 0 amide bonds. The summed E-state index contributed by atoms with van der Waals surface area (Å²) in [5.74, 6) is -353. The molecular weight excluding hydrogens is 2400 g/mol. The number of rotatable bonds is 49. The quantitative estimate of drug-likeness (QED) is 0.0440. The van der Waals surface area contributed by atoms with Gasteiger partial charge in [-0.05, 0) is 18.4 Å². The van der Waals surface area contributed by atoms with Crippen molar-refractivity contribution < 1.29 is 389 Å². The standard InChI is InChI=1S/C51H14F84O4S4/c1-6(9(136)137)11(10(138)139,2-7(142-50(132,133)42(112,113)34(96,97)26(80,81)18(64,65)14(56,57)22(72,73)30(88,89)38(104,105)46(122,123)124)4-140-48(128,129)40(108,109)32(92,93)24(76,77)16(60,61)12(52,53)20(68,69)28(84,85)36(100,101)44(116,117)118)3-8(143-51(134,135)43(114,115)35(98,99)27(82,83)19(66,67)15(58,59)23(74,75)31(90,91)39(106,107)47(125,126)127)5-141-49(130,131)41(110,111)33(94,95)25(78,79)17(62,63)13(54,55)21(70,71)29(86,87)37(102,103)45(119,120)121/h7-8H,1-5H2,(H,136,137)(H,138,139)/p-2. The monoisotopic (exact) mass is 2410 g/mol. The maximum absolute atomic E-state index is 16.0. The molecule has 0 saturated carbocycles. The van der Waals surface area contributed by atoms with Gasteiger partial charge in [-0.3, -0.25) is 0 Å². The maximum Gasteiger partial charge on any atom is 0.460 e. The minimum atomic E-state index is -10.8. The molecule has 4 nitrogen and oxygen atoms in total. The van der Waals surface area contributed by atoms with Crippen LogP contribution in [0.2, 0.25) is 0 Å². The van der Waals surface area contributed by atoms with Crippen molar-refractivity contribution in [3.05, 3.63) is 12.2 Å². The highest BCUT2D eigenvalue weighted by atomic mass is 32.2. The van der Waals surface area contributed by atoms with Gasteiger partial charge in [0.05, 0.1) is 11.9 Å². The minimum absolute atomic E-state index is 1.19. The molecule has 92 heteroatoms. The number of hydrogen-bond donors (Lipinski definition) is 0. The number of carboxylic acids is 2. The van der Waals surface area contributed by atoms with Gasteiger partial charge in [0.1, 0.15) is 0 Å². The molecule has 0 bridgehead atoms. The zero-order chi connectivity index (χ0) is 118. The lowest BCUT2D eigenvalue weighted by Gasteiger charge is -2.46. The molecule has 0 rings (SSSR count). The third-order valence-corrected chi connectivity index (χ3v) is 23.1. The normalized spacial score (nSPS) is 17.7. The van der Waals surface area contributed by atoms with Crippen molar-refractivity contribution in [3.8, 4) is 0 Å². The average Bonchev–Trinajstić information content (AvgIpc) is 0.692. The van der Waals surface area contributed by atoms with Crippen LogP contribution < -0.4 is 10.2 Å². The fourth-order valence-electron chi connectivity index (χ4n) is 9.18. The van der Waals surface area contributed by atoms with Gasteiger partial charge < -0.3 is 19.8 Å². The summed E-state index contributed by atoms with van der Waals surface area (Å²) in [5, 5.41) is -26.3. The SMILES string of the molecule is C=C(C(=O)[O-])C(CC(CSC(F)(F)C(F)(F)C(F)(F)C(F)(F)C(F)(F)C(F)(F)C(F)(F)C(F)(F)C(F)(F)C(F)(F)F)SC(F)(F)C(F)(F)C(F)(F)C(F)(F)C(F)(F)C(F)(F)C(F)(F)C(F)(F)C(F)(F)C(F)(F)F)(CC(CSC(F)(F)C(F)(F)C(F)(F)C(F)(F)C(F)(F)C(F)(F)C(F)(F)C(F)(F)C(F)(F)C(F)(F)F)SC(F)(F)C(F)(F)C(F)(F)C(F)(F)C(F)(F)C(F)(F)C(F)(F)C(F)(F)C(F)(F)C(F)(F)F)C(=O)[O-]. The van der Waals surface area contributed by atoms with Gasteiger partial charge in [-0.25, -0.2) is 0 Å². The Kier molecular flexibility index (Phi) is 34.5. The van der Waals surface area contributed by atoms with E-state index in [1.807, 2.05) is 0 Å². The summed E-state index contributed by atoms with van der Waals surface area (Å²) in [7, 11) is 0. The summed E-state index contributed by atoms with van der Waals surface area (Å²) < 4.78 is 1200. The lowest BCUT2D eigenvalue weighted by Crippen LogP contribution is -2.76. The first-order valence-corrected chi connectivity index (χ1v) is 34.7. The summed E-state index contributed by atoms with van der Waals surface area (Å²) in [5.41, 5.74) is -11.8. The fraction of sp³-hybridized carbons (Fsp3) is 0.922. The molecule has 0 radical (unpaired) electrons. The lowest BCUT2D eigenvalue weighted by molar-refractivity contribution is -0.472. The van der Waals surface area contributed by atoms with E-state index in [0.717, 1.165) is 0 Å². The molecule has 0 N–H and O–H groups in total. The zero-order valence-corrected chi connectivity index (χ0v) is 65.0. The van der Waals surface area contributed by atoms with Crippen LogP contribution in [0.25, 0.3) is 0 Å². The van der Waals surface area contributed by atoms with Crippen molar-refractivity contribution in [3.63, 3.8) is 0 Å². The van der Waals surface area contributed by atoms with Crippen LogP contribution in [0.5, 0.6) is 0 Å². The number of hydrogen-bond acceptors (Lipinski definition) is 8. The molecule has 2 unspecified atom stereocenters. The van der Waals surface area contributed by atoms with Gasteiger partial charge in [0, 0.05) is 27.4 Å². The number of halogens is 84. The number of carbonyl (C=O) groups is 2. The van der Waals surface area contributed by atoms with Gasteiger partial charge in [0.15, 0.2) is 0 Å². The van der Waals surface area contributed by atoms with Gasteiger partial charge in [-0.1, -0.05) is 53.6 Å². The molecule has 0 aromatic heterocycles. The second kappa shape index (κ2) is 35.9. The molecule has 0 heterocycles. The van der Waals surface area contributed by atoms with E-state index < -0.39 is 340 Å². The summed E-state index contributed by atoms with van der Waals surface area (Å²) in [4.78, 5) is 25.2. The average molecular weight is 2410 g/mol. The number of aliphatic carboxylic acids is 2. The van der Waals surface area contributed by atoms with Crippen molar-refractivity contribution in [2.45, 2.75) is 259 Å². The van der Waals surface area contributed by atoms with E-state index in [9.17, 15) is 283 Å². The van der Waals surface area contributed by atoms with Gasteiger partial charge >= 0.3 is 235 Å². The van der Waals surface area contributed by atoms with Crippen LogP contribution in [0.4, 0.5) is 369 Å². The highest BCUT2D eigenvalue weighted by molar-refractivity contribution is 8.05. The lowest BCUT2D eigenvalue weighted by atomic mass is 9.73.